The average Bonchev–Trinajstić information content (AvgIpc) is 2.75. The zero-order valence-electron chi connectivity index (χ0n) is 16.4. The van der Waals surface area contributed by atoms with Crippen LogP contribution in [0, 0.1) is 13.8 Å². The van der Waals surface area contributed by atoms with E-state index in [0.29, 0.717) is 11.4 Å². The van der Waals surface area contributed by atoms with Crippen molar-refractivity contribution in [1.29, 1.82) is 0 Å². The number of carbonyl (C=O) groups is 2. The molecule has 150 valence electrons. The van der Waals surface area contributed by atoms with Crippen LogP contribution in [0.3, 0.4) is 0 Å². The van der Waals surface area contributed by atoms with Crippen LogP contribution in [0.15, 0.2) is 65.3 Å². The zero-order valence-corrected chi connectivity index (χ0v) is 16.4. The summed E-state index contributed by atoms with van der Waals surface area (Å²) in [4.78, 5) is 37.2. The van der Waals surface area contributed by atoms with E-state index in [1.54, 1.807) is 62.9 Å². The summed E-state index contributed by atoms with van der Waals surface area (Å²) >= 11 is 0. The van der Waals surface area contributed by atoms with E-state index in [1.165, 1.54) is 18.5 Å². The lowest BCUT2D eigenvalue weighted by molar-refractivity contribution is 0.0954. The number of nitrogens with one attached hydrogen (secondary N) is 2. The Morgan fingerprint density at radius 2 is 1.30 bits per heavy atom. The fraction of sp³-hybridized carbons (Fsp3) is 0.0952. The number of nitrogens with zero attached hydrogens (tertiary/aromatic N) is 5. The number of amides is 2. The summed E-state index contributed by atoms with van der Waals surface area (Å²) in [6, 6.07) is 8.60. The Kier molecular flexibility index (Phi) is 6.67. The molecule has 30 heavy (non-hydrogen) atoms. The quantitative estimate of drug-likeness (QED) is 0.483. The molecule has 3 heterocycles. The van der Waals surface area contributed by atoms with Crippen molar-refractivity contribution in [3.63, 3.8) is 0 Å². The fourth-order valence-electron chi connectivity index (χ4n) is 2.54. The Balaban J connectivity index is 1.71. The van der Waals surface area contributed by atoms with E-state index in [9.17, 15) is 9.59 Å². The van der Waals surface area contributed by atoms with Crippen LogP contribution in [-0.4, -0.2) is 39.2 Å². The summed E-state index contributed by atoms with van der Waals surface area (Å²) in [6.07, 6.45) is 9.46. The number of rotatable bonds is 6. The van der Waals surface area contributed by atoms with Gasteiger partial charge in [0.25, 0.3) is 11.8 Å². The number of aryl methyl sites for hydroxylation is 2. The molecule has 0 aliphatic carbocycles. The van der Waals surface area contributed by atoms with E-state index in [1.807, 2.05) is 0 Å². The summed E-state index contributed by atoms with van der Waals surface area (Å²) in [5, 5.41) is 7.83. The van der Waals surface area contributed by atoms with Crippen molar-refractivity contribution in [3.05, 3.63) is 88.8 Å². The van der Waals surface area contributed by atoms with Crippen molar-refractivity contribution in [2.45, 2.75) is 13.8 Å². The molecule has 2 amide bonds. The first-order chi connectivity index (χ1) is 14.5. The Hall–Kier alpha value is -4.27. The second-order valence-electron chi connectivity index (χ2n) is 6.23. The average molecular weight is 401 g/mol. The van der Waals surface area contributed by atoms with Gasteiger partial charge in [-0.15, -0.1) is 0 Å². The van der Waals surface area contributed by atoms with E-state index >= 15 is 0 Å². The topological polar surface area (TPSA) is 122 Å². The van der Waals surface area contributed by atoms with Gasteiger partial charge in [0.05, 0.1) is 34.9 Å². The van der Waals surface area contributed by atoms with Gasteiger partial charge in [-0.05, 0) is 32.0 Å². The van der Waals surface area contributed by atoms with E-state index in [0.717, 1.165) is 11.1 Å². The number of hydrogen-bond donors (Lipinski definition) is 2. The predicted molar refractivity (Wildman–Crippen MR) is 112 cm³/mol. The maximum atomic E-state index is 12.5. The van der Waals surface area contributed by atoms with Gasteiger partial charge in [0.15, 0.2) is 0 Å². The number of hydrazone groups is 2. The van der Waals surface area contributed by atoms with Crippen LogP contribution in [0.1, 0.15) is 43.2 Å². The monoisotopic (exact) mass is 401 g/mol. The first-order valence-electron chi connectivity index (χ1n) is 8.99. The summed E-state index contributed by atoms with van der Waals surface area (Å²) in [5.41, 5.74) is 7.79. The summed E-state index contributed by atoms with van der Waals surface area (Å²) < 4.78 is 0. The number of carbonyl (C=O) groups excluding carboxylic acids is 2. The van der Waals surface area contributed by atoms with Gasteiger partial charge < -0.3 is 0 Å². The first kappa shape index (κ1) is 20.5. The molecular weight excluding hydrogens is 382 g/mol. The van der Waals surface area contributed by atoms with Gasteiger partial charge in [-0.25, -0.2) is 10.9 Å². The highest BCUT2D eigenvalue weighted by Gasteiger charge is 2.17. The van der Waals surface area contributed by atoms with Crippen molar-refractivity contribution in [2.75, 3.05) is 0 Å². The third-order valence-corrected chi connectivity index (χ3v) is 4.02. The van der Waals surface area contributed by atoms with Crippen molar-refractivity contribution in [3.8, 4) is 0 Å². The Morgan fingerprint density at radius 1 is 0.833 bits per heavy atom. The molecule has 0 radical (unpaired) electrons. The van der Waals surface area contributed by atoms with Gasteiger partial charge >= 0.3 is 0 Å². The molecule has 3 rings (SSSR count). The van der Waals surface area contributed by atoms with E-state index < -0.39 is 11.8 Å². The minimum absolute atomic E-state index is 0.241. The Labute approximate surface area is 173 Å². The van der Waals surface area contributed by atoms with Crippen LogP contribution in [0.5, 0.6) is 0 Å². The molecule has 3 aromatic rings. The normalized spacial score (nSPS) is 11.0. The van der Waals surface area contributed by atoms with Crippen LogP contribution < -0.4 is 10.9 Å². The number of pyridine rings is 3. The van der Waals surface area contributed by atoms with Gasteiger partial charge in [-0.1, -0.05) is 12.1 Å². The molecule has 0 spiro atoms. The zero-order chi connectivity index (χ0) is 21.3. The standard InChI is InChI=1S/C21H19N7O2/c1-14-18(20(29)27-24-12-16-5-3-7-22-10-16)9-19(15(2)26-14)21(30)28-25-13-17-6-4-8-23-11-17/h3-13H,1-2H3,(H,27,29)(H,28,30)/b24-12+,25-13+. The van der Waals surface area contributed by atoms with Gasteiger partial charge in [0.2, 0.25) is 0 Å². The second-order valence-corrected chi connectivity index (χ2v) is 6.23. The lowest BCUT2D eigenvalue weighted by Crippen LogP contribution is -2.23. The van der Waals surface area contributed by atoms with Gasteiger partial charge in [0.1, 0.15) is 0 Å². The molecule has 9 nitrogen and oxygen atoms in total. The third kappa shape index (κ3) is 5.38. The molecule has 0 aliphatic rings. The van der Waals surface area contributed by atoms with Crippen LogP contribution >= 0.6 is 0 Å². The maximum absolute atomic E-state index is 12.5. The second kappa shape index (κ2) is 9.78. The summed E-state index contributed by atoms with van der Waals surface area (Å²) in [5.74, 6) is -0.957. The molecule has 0 atom stereocenters. The van der Waals surface area contributed by atoms with Gasteiger partial charge in [-0.2, -0.15) is 10.2 Å². The smallest absolute Gasteiger partial charge is 0.267 e. The van der Waals surface area contributed by atoms with Crippen molar-refractivity contribution >= 4 is 24.2 Å². The Morgan fingerprint density at radius 3 is 1.70 bits per heavy atom. The van der Waals surface area contributed by atoms with E-state index in [2.05, 4.69) is 36.0 Å². The van der Waals surface area contributed by atoms with Crippen LogP contribution in [0.25, 0.3) is 0 Å². The molecule has 0 fully saturated rings. The Bertz CT molecular complexity index is 1010. The number of aromatic nitrogens is 3. The molecule has 0 unspecified atom stereocenters. The van der Waals surface area contributed by atoms with E-state index in [4.69, 9.17) is 0 Å². The SMILES string of the molecule is Cc1nc(C)c(C(=O)N/N=C/c2cccnc2)cc1C(=O)N/N=C/c1cccnc1. The molecular formula is C21H19N7O2. The summed E-state index contributed by atoms with van der Waals surface area (Å²) in [6.45, 7) is 3.38. The molecule has 0 aliphatic heterocycles. The lowest BCUT2D eigenvalue weighted by Gasteiger charge is -2.09. The largest absolute Gasteiger partial charge is 0.273 e. The minimum atomic E-state index is -0.479. The first-order valence-corrected chi connectivity index (χ1v) is 8.99. The highest BCUT2D eigenvalue weighted by atomic mass is 16.2. The third-order valence-electron chi connectivity index (χ3n) is 4.02. The maximum Gasteiger partial charge on any atom is 0.273 e. The van der Waals surface area contributed by atoms with Gasteiger partial charge in [-0.3, -0.25) is 24.5 Å². The van der Waals surface area contributed by atoms with E-state index in [-0.39, 0.29) is 11.1 Å². The van der Waals surface area contributed by atoms with Crippen molar-refractivity contribution in [1.82, 2.24) is 25.8 Å². The van der Waals surface area contributed by atoms with Crippen molar-refractivity contribution < 1.29 is 9.59 Å². The fourth-order valence-corrected chi connectivity index (χ4v) is 2.54. The molecule has 9 heteroatoms. The van der Waals surface area contributed by atoms with Crippen LogP contribution in [0.4, 0.5) is 0 Å². The molecule has 0 bridgehead atoms. The number of hydrogen-bond acceptors (Lipinski definition) is 7. The highest BCUT2D eigenvalue weighted by molar-refractivity contribution is 6.01. The molecule has 3 aromatic heterocycles. The molecule has 0 saturated carbocycles. The molecule has 0 aromatic carbocycles. The van der Waals surface area contributed by atoms with Crippen LogP contribution in [0.2, 0.25) is 0 Å². The summed E-state index contributed by atoms with van der Waals surface area (Å²) in [7, 11) is 0. The van der Waals surface area contributed by atoms with Crippen LogP contribution in [-0.2, 0) is 0 Å². The molecule has 0 saturated heterocycles. The van der Waals surface area contributed by atoms with Crippen molar-refractivity contribution in [2.24, 2.45) is 10.2 Å². The van der Waals surface area contributed by atoms with Gasteiger partial charge in [0, 0.05) is 35.9 Å². The predicted octanol–water partition coefficient (Wildman–Crippen LogP) is 2.02. The molecule has 2 N–H and O–H groups in total. The lowest BCUT2D eigenvalue weighted by atomic mass is 10.1. The minimum Gasteiger partial charge on any atom is -0.267 e. The highest BCUT2D eigenvalue weighted by Crippen LogP contribution is 2.13.